The number of nitrogens with one attached hydrogen (secondary N) is 2. The van der Waals surface area contributed by atoms with Gasteiger partial charge < -0.3 is 10.2 Å². The molecule has 0 bridgehead atoms. The first kappa shape index (κ1) is 19.8. The van der Waals surface area contributed by atoms with Gasteiger partial charge >= 0.3 is 0 Å². The number of nitrogens with zero attached hydrogens (tertiary/aromatic N) is 1. The number of piperazine rings is 1. The number of halogens is 1. The molecule has 2 rings (SSSR count). The van der Waals surface area contributed by atoms with Crippen LogP contribution in [0.25, 0.3) is 0 Å². The molecule has 25 heavy (non-hydrogen) atoms. The normalized spacial score (nSPS) is 18.8. The number of hydrogen-bond donors (Lipinski definition) is 2. The van der Waals surface area contributed by atoms with E-state index in [2.05, 4.69) is 5.32 Å². The Morgan fingerprint density at radius 1 is 1.20 bits per heavy atom. The standard InChI is InChI=1S/C17H26FN3O3S/c1-13(16(22)19-17(2,3)4)20-9-11-21(12-10-20)25(23,24)15-7-5-14(18)6-8-15/h5-8,13H,9-12H2,1-4H3,(H,19,22)/p+1/t13-/m1/s1. The average molecular weight is 372 g/mol. The number of benzene rings is 1. The molecule has 0 spiro atoms. The molecule has 1 heterocycles. The molecule has 2 N–H and O–H groups in total. The largest absolute Gasteiger partial charge is 0.346 e. The van der Waals surface area contributed by atoms with E-state index in [4.69, 9.17) is 0 Å². The summed E-state index contributed by atoms with van der Waals surface area (Å²) in [6, 6.07) is 4.61. The summed E-state index contributed by atoms with van der Waals surface area (Å²) in [7, 11) is -3.62. The maximum atomic E-state index is 13.0. The molecule has 0 aromatic heterocycles. The van der Waals surface area contributed by atoms with E-state index in [1.807, 2.05) is 27.7 Å². The highest BCUT2D eigenvalue weighted by Gasteiger charge is 2.35. The van der Waals surface area contributed by atoms with Crippen LogP contribution in [0, 0.1) is 5.82 Å². The summed E-state index contributed by atoms with van der Waals surface area (Å²) in [5.74, 6) is -0.496. The van der Waals surface area contributed by atoms with Gasteiger partial charge in [0.05, 0.1) is 31.1 Å². The lowest BCUT2D eigenvalue weighted by molar-refractivity contribution is -0.917. The van der Waals surface area contributed by atoms with E-state index in [0.29, 0.717) is 26.2 Å². The van der Waals surface area contributed by atoms with Crippen LogP contribution in [-0.4, -0.2) is 56.4 Å². The van der Waals surface area contributed by atoms with Crippen LogP contribution in [0.3, 0.4) is 0 Å². The third kappa shape index (κ3) is 4.99. The molecule has 6 nitrogen and oxygen atoms in total. The minimum absolute atomic E-state index is 0.0302. The molecule has 1 saturated heterocycles. The fourth-order valence-corrected chi connectivity index (χ4v) is 4.31. The monoisotopic (exact) mass is 372 g/mol. The van der Waals surface area contributed by atoms with Crippen molar-refractivity contribution in [2.75, 3.05) is 26.2 Å². The molecular weight excluding hydrogens is 345 g/mol. The molecule has 1 atom stereocenters. The van der Waals surface area contributed by atoms with Gasteiger partial charge in [-0.2, -0.15) is 4.31 Å². The lowest BCUT2D eigenvalue weighted by Gasteiger charge is -2.35. The van der Waals surface area contributed by atoms with Gasteiger partial charge in [-0.25, -0.2) is 12.8 Å². The number of carbonyl (C=O) groups is 1. The van der Waals surface area contributed by atoms with Crippen LogP contribution in [0.5, 0.6) is 0 Å². The van der Waals surface area contributed by atoms with Gasteiger partial charge in [0.1, 0.15) is 5.82 Å². The van der Waals surface area contributed by atoms with Gasteiger partial charge in [0.15, 0.2) is 6.04 Å². The summed E-state index contributed by atoms with van der Waals surface area (Å²) in [6.45, 7) is 9.43. The molecule has 1 aliphatic heterocycles. The first-order valence-corrected chi connectivity index (χ1v) is 9.87. The molecule has 1 aromatic carbocycles. The van der Waals surface area contributed by atoms with E-state index in [-0.39, 0.29) is 22.4 Å². The summed E-state index contributed by atoms with van der Waals surface area (Å²) in [5.41, 5.74) is -0.293. The van der Waals surface area contributed by atoms with Gasteiger partial charge in [-0.05, 0) is 52.0 Å². The maximum absolute atomic E-state index is 13.0. The Hall–Kier alpha value is -1.51. The molecule has 1 aromatic rings. The Kier molecular flexibility index (Phi) is 5.86. The van der Waals surface area contributed by atoms with E-state index in [0.717, 1.165) is 17.0 Å². The third-order valence-corrected chi connectivity index (χ3v) is 6.23. The van der Waals surface area contributed by atoms with Gasteiger partial charge in [-0.3, -0.25) is 4.79 Å². The summed E-state index contributed by atoms with van der Waals surface area (Å²) in [6.07, 6.45) is 0. The second kappa shape index (κ2) is 7.39. The maximum Gasteiger partial charge on any atom is 0.278 e. The number of quaternary nitrogens is 1. The summed E-state index contributed by atoms with van der Waals surface area (Å²) < 4.78 is 39.6. The first-order chi connectivity index (χ1) is 11.5. The van der Waals surface area contributed by atoms with Crippen molar-refractivity contribution >= 4 is 15.9 Å². The molecule has 1 fully saturated rings. The Morgan fingerprint density at radius 2 is 1.72 bits per heavy atom. The quantitative estimate of drug-likeness (QED) is 0.783. The second-order valence-electron chi connectivity index (χ2n) is 7.48. The number of hydrogen-bond acceptors (Lipinski definition) is 3. The number of rotatable bonds is 4. The fourth-order valence-electron chi connectivity index (χ4n) is 2.87. The van der Waals surface area contributed by atoms with Gasteiger partial charge in [0.25, 0.3) is 5.91 Å². The van der Waals surface area contributed by atoms with Crippen LogP contribution >= 0.6 is 0 Å². The molecule has 0 radical (unpaired) electrons. The highest BCUT2D eigenvalue weighted by Crippen LogP contribution is 2.16. The van der Waals surface area contributed by atoms with Crippen molar-refractivity contribution in [1.29, 1.82) is 0 Å². The second-order valence-corrected chi connectivity index (χ2v) is 9.42. The number of carbonyl (C=O) groups excluding carboxylic acids is 1. The van der Waals surface area contributed by atoms with E-state index in [9.17, 15) is 17.6 Å². The number of amides is 1. The first-order valence-electron chi connectivity index (χ1n) is 8.43. The van der Waals surface area contributed by atoms with Crippen molar-refractivity contribution in [3.8, 4) is 0 Å². The molecule has 8 heteroatoms. The van der Waals surface area contributed by atoms with Gasteiger partial charge in [-0.1, -0.05) is 0 Å². The molecule has 1 amide bonds. The van der Waals surface area contributed by atoms with Crippen molar-refractivity contribution in [1.82, 2.24) is 9.62 Å². The Bertz CT molecular complexity index is 706. The summed E-state index contributed by atoms with van der Waals surface area (Å²) in [5, 5.41) is 2.96. The zero-order chi connectivity index (χ0) is 18.8. The Labute approximate surface area is 149 Å². The Balaban J connectivity index is 1.99. The predicted molar refractivity (Wildman–Crippen MR) is 93.2 cm³/mol. The van der Waals surface area contributed by atoms with Crippen molar-refractivity contribution in [2.45, 2.75) is 44.2 Å². The lowest BCUT2D eigenvalue weighted by Crippen LogP contribution is -3.19. The third-order valence-electron chi connectivity index (χ3n) is 4.32. The van der Waals surface area contributed by atoms with E-state index >= 15 is 0 Å². The van der Waals surface area contributed by atoms with E-state index in [1.54, 1.807) is 0 Å². The van der Waals surface area contributed by atoms with Gasteiger partial charge in [-0.15, -0.1) is 0 Å². The summed E-state index contributed by atoms with van der Waals surface area (Å²) in [4.78, 5) is 13.4. The lowest BCUT2D eigenvalue weighted by atomic mass is 10.1. The highest BCUT2D eigenvalue weighted by molar-refractivity contribution is 7.89. The molecule has 1 aliphatic rings. The SMILES string of the molecule is C[C@H](C(=O)NC(C)(C)C)[NH+]1CCN(S(=O)(=O)c2ccc(F)cc2)CC1. The smallest absolute Gasteiger partial charge is 0.278 e. The van der Waals surface area contributed by atoms with Crippen LogP contribution in [-0.2, 0) is 14.8 Å². The van der Waals surface area contributed by atoms with Crippen LogP contribution in [0.15, 0.2) is 29.2 Å². The Morgan fingerprint density at radius 3 is 2.20 bits per heavy atom. The predicted octanol–water partition coefficient (Wildman–Crippen LogP) is 0.0181. The molecule has 0 aliphatic carbocycles. The van der Waals surface area contributed by atoms with Crippen LogP contribution in [0.1, 0.15) is 27.7 Å². The van der Waals surface area contributed by atoms with Crippen molar-refractivity contribution in [3.05, 3.63) is 30.1 Å². The minimum Gasteiger partial charge on any atom is -0.346 e. The molecular formula is C17H27FN3O3S+. The van der Waals surface area contributed by atoms with E-state index in [1.165, 1.54) is 16.4 Å². The van der Waals surface area contributed by atoms with E-state index < -0.39 is 15.8 Å². The molecule has 0 saturated carbocycles. The van der Waals surface area contributed by atoms with Crippen molar-refractivity contribution in [2.24, 2.45) is 0 Å². The van der Waals surface area contributed by atoms with Gasteiger partial charge in [0, 0.05) is 5.54 Å². The van der Waals surface area contributed by atoms with Crippen LogP contribution in [0.4, 0.5) is 4.39 Å². The molecule has 0 unspecified atom stereocenters. The summed E-state index contributed by atoms with van der Waals surface area (Å²) >= 11 is 0. The fraction of sp³-hybridized carbons (Fsp3) is 0.588. The zero-order valence-electron chi connectivity index (χ0n) is 15.2. The highest BCUT2D eigenvalue weighted by atomic mass is 32.2. The van der Waals surface area contributed by atoms with Crippen molar-refractivity contribution in [3.63, 3.8) is 0 Å². The topological polar surface area (TPSA) is 70.9 Å². The van der Waals surface area contributed by atoms with Gasteiger partial charge in [0.2, 0.25) is 10.0 Å². The zero-order valence-corrected chi connectivity index (χ0v) is 16.0. The van der Waals surface area contributed by atoms with Crippen LogP contribution < -0.4 is 10.2 Å². The van der Waals surface area contributed by atoms with Crippen LogP contribution in [0.2, 0.25) is 0 Å². The molecule has 140 valence electrons. The average Bonchev–Trinajstić information content (AvgIpc) is 2.53. The minimum atomic E-state index is -3.62. The number of sulfonamides is 1. The van der Waals surface area contributed by atoms with Crippen molar-refractivity contribution < 1.29 is 22.5 Å².